The molecule has 0 bridgehead atoms. The molecule has 0 spiro atoms. The van der Waals surface area contributed by atoms with E-state index in [9.17, 15) is 4.79 Å². The molecule has 3 nitrogen and oxygen atoms in total. The Morgan fingerprint density at radius 1 is 0.967 bits per heavy atom. The molecular weight excluding hydrogens is 368 g/mol. The Kier molecular flexibility index (Phi) is 8.22. The van der Waals surface area contributed by atoms with E-state index in [2.05, 4.69) is 55.1 Å². The molecule has 1 fully saturated rings. The molecular formula is C27H34N2O. The van der Waals surface area contributed by atoms with Crippen LogP contribution in [0.3, 0.4) is 0 Å². The lowest BCUT2D eigenvalue weighted by Crippen LogP contribution is -2.40. The molecule has 0 amide bonds. The summed E-state index contributed by atoms with van der Waals surface area (Å²) in [4.78, 5) is 16.4. The summed E-state index contributed by atoms with van der Waals surface area (Å²) in [5.74, 6) is 0.529. The van der Waals surface area contributed by atoms with Gasteiger partial charge in [0.25, 0.3) is 0 Å². The summed E-state index contributed by atoms with van der Waals surface area (Å²) in [5.41, 5.74) is 3.09. The Labute approximate surface area is 181 Å². The first-order chi connectivity index (χ1) is 14.7. The first kappa shape index (κ1) is 22.2. The van der Waals surface area contributed by atoms with Crippen LogP contribution < -0.4 is 0 Å². The van der Waals surface area contributed by atoms with Crippen LogP contribution in [0.25, 0.3) is 0 Å². The van der Waals surface area contributed by atoms with E-state index < -0.39 is 0 Å². The second-order valence-electron chi connectivity index (χ2n) is 8.43. The normalized spacial score (nSPS) is 20.9. The fourth-order valence-electron chi connectivity index (χ4n) is 5.00. The number of ketones is 1. The maximum absolute atomic E-state index is 13.9. The molecule has 3 unspecified atom stereocenters. The lowest BCUT2D eigenvalue weighted by atomic mass is 9.75. The number of carbonyl (C=O) groups is 1. The molecule has 0 aliphatic heterocycles. The zero-order valence-corrected chi connectivity index (χ0v) is 18.4. The molecule has 2 aromatic carbocycles. The van der Waals surface area contributed by atoms with Crippen molar-refractivity contribution in [2.75, 3.05) is 13.1 Å². The summed E-state index contributed by atoms with van der Waals surface area (Å²) in [6.07, 6.45) is 6.17. The largest absolute Gasteiger partial charge is 0.299 e. The third-order valence-electron chi connectivity index (χ3n) is 6.63. The fraction of sp³-hybridized carbons (Fsp3) is 0.481. The maximum atomic E-state index is 13.9. The van der Waals surface area contributed by atoms with E-state index >= 15 is 0 Å². The average molecular weight is 403 g/mol. The van der Waals surface area contributed by atoms with Gasteiger partial charge in [0.15, 0.2) is 0 Å². The standard InChI is InChI=1S/C27H34N2O/c1-3-29(4-2)26(23-11-7-5-8-12-23)25-14-10-6-9-13-24(27(25)30)19-21-15-17-22(20-28)18-16-21/h5,7-8,11-12,15-18,24-26H,3-4,6,9-10,13-14,19H2,1-2H3. The van der Waals surface area contributed by atoms with E-state index in [0.717, 1.165) is 50.8 Å². The average Bonchev–Trinajstić information content (AvgIpc) is 2.79. The van der Waals surface area contributed by atoms with Gasteiger partial charge in [-0.1, -0.05) is 75.6 Å². The molecule has 3 heteroatoms. The van der Waals surface area contributed by atoms with E-state index in [1.807, 2.05) is 24.3 Å². The van der Waals surface area contributed by atoms with Gasteiger partial charge < -0.3 is 0 Å². The first-order valence-electron chi connectivity index (χ1n) is 11.5. The number of nitriles is 1. The van der Waals surface area contributed by atoms with Gasteiger partial charge in [0, 0.05) is 17.9 Å². The third kappa shape index (κ3) is 5.37. The number of carbonyl (C=O) groups excluding carboxylic acids is 1. The third-order valence-corrected chi connectivity index (χ3v) is 6.63. The summed E-state index contributed by atoms with van der Waals surface area (Å²) in [5, 5.41) is 9.05. The summed E-state index contributed by atoms with van der Waals surface area (Å²) < 4.78 is 0. The minimum atomic E-state index is 0.0379. The molecule has 3 rings (SSSR count). The van der Waals surface area contributed by atoms with Gasteiger partial charge in [-0.3, -0.25) is 9.69 Å². The smallest absolute Gasteiger partial charge is 0.141 e. The minimum absolute atomic E-state index is 0.0379. The summed E-state index contributed by atoms with van der Waals surface area (Å²) >= 11 is 0. The van der Waals surface area contributed by atoms with Gasteiger partial charge in [-0.2, -0.15) is 5.26 Å². The fourth-order valence-corrected chi connectivity index (χ4v) is 5.00. The van der Waals surface area contributed by atoms with Gasteiger partial charge in [-0.25, -0.2) is 0 Å². The second-order valence-corrected chi connectivity index (χ2v) is 8.43. The highest BCUT2D eigenvalue weighted by Crippen LogP contribution is 2.37. The van der Waals surface area contributed by atoms with Crippen LogP contribution in [0, 0.1) is 23.2 Å². The summed E-state index contributed by atoms with van der Waals surface area (Å²) in [7, 11) is 0. The molecule has 0 N–H and O–H groups in total. The Bertz CT molecular complexity index is 833. The van der Waals surface area contributed by atoms with Crippen LogP contribution in [-0.2, 0) is 11.2 Å². The predicted molar refractivity (Wildman–Crippen MR) is 122 cm³/mol. The topological polar surface area (TPSA) is 44.1 Å². The van der Waals surface area contributed by atoms with E-state index in [0.29, 0.717) is 11.3 Å². The number of rotatable bonds is 7. The Balaban J connectivity index is 1.89. The number of nitrogens with zero attached hydrogens (tertiary/aromatic N) is 2. The molecule has 0 heterocycles. The van der Waals surface area contributed by atoms with Crippen molar-refractivity contribution >= 4 is 5.78 Å². The molecule has 2 aromatic rings. The first-order valence-corrected chi connectivity index (χ1v) is 11.5. The Hall–Kier alpha value is -2.44. The molecule has 1 aliphatic rings. The maximum Gasteiger partial charge on any atom is 0.141 e. The van der Waals surface area contributed by atoms with Crippen LogP contribution in [0.1, 0.15) is 68.7 Å². The number of benzene rings is 2. The highest BCUT2D eigenvalue weighted by Gasteiger charge is 2.36. The van der Waals surface area contributed by atoms with Crippen LogP contribution >= 0.6 is 0 Å². The quantitative estimate of drug-likeness (QED) is 0.575. The zero-order valence-electron chi connectivity index (χ0n) is 18.4. The molecule has 1 aliphatic carbocycles. The zero-order chi connectivity index (χ0) is 21.3. The van der Waals surface area contributed by atoms with Crippen LogP contribution in [0.4, 0.5) is 0 Å². The summed E-state index contributed by atoms with van der Waals surface area (Å²) in [6.45, 7) is 6.28. The molecule has 3 atom stereocenters. The highest BCUT2D eigenvalue weighted by molar-refractivity contribution is 5.84. The van der Waals surface area contributed by atoms with Crippen molar-refractivity contribution in [2.24, 2.45) is 11.8 Å². The minimum Gasteiger partial charge on any atom is -0.299 e. The van der Waals surface area contributed by atoms with Crippen LogP contribution in [0.2, 0.25) is 0 Å². The van der Waals surface area contributed by atoms with E-state index in [1.54, 1.807) is 0 Å². The van der Waals surface area contributed by atoms with Crippen LogP contribution in [0.5, 0.6) is 0 Å². The molecule has 0 aromatic heterocycles. The monoisotopic (exact) mass is 402 g/mol. The lowest BCUT2D eigenvalue weighted by molar-refractivity contribution is -0.130. The molecule has 158 valence electrons. The van der Waals surface area contributed by atoms with Crippen molar-refractivity contribution < 1.29 is 4.79 Å². The molecule has 1 saturated carbocycles. The van der Waals surface area contributed by atoms with Crippen molar-refractivity contribution in [3.8, 4) is 6.07 Å². The van der Waals surface area contributed by atoms with Gasteiger partial charge in [-0.05, 0) is 55.6 Å². The Morgan fingerprint density at radius 3 is 2.27 bits per heavy atom. The Morgan fingerprint density at radius 2 is 1.63 bits per heavy atom. The van der Waals surface area contributed by atoms with Gasteiger partial charge in [0.2, 0.25) is 0 Å². The SMILES string of the molecule is CCN(CC)C(c1ccccc1)C1CCCCCC(Cc2ccc(C#N)cc2)C1=O. The van der Waals surface area contributed by atoms with E-state index in [-0.39, 0.29) is 17.9 Å². The van der Waals surface area contributed by atoms with Crippen molar-refractivity contribution in [2.45, 2.75) is 58.4 Å². The second kappa shape index (κ2) is 11.1. The van der Waals surface area contributed by atoms with Crippen molar-refractivity contribution in [3.63, 3.8) is 0 Å². The van der Waals surface area contributed by atoms with Gasteiger partial charge >= 0.3 is 0 Å². The number of hydrogen-bond donors (Lipinski definition) is 0. The molecule has 0 saturated heterocycles. The predicted octanol–water partition coefficient (Wildman–Crippen LogP) is 5.95. The van der Waals surface area contributed by atoms with Crippen molar-refractivity contribution in [1.29, 1.82) is 5.26 Å². The van der Waals surface area contributed by atoms with Crippen LogP contribution in [0.15, 0.2) is 54.6 Å². The van der Waals surface area contributed by atoms with Crippen LogP contribution in [-0.4, -0.2) is 23.8 Å². The lowest BCUT2D eigenvalue weighted by Gasteiger charge is -2.38. The molecule has 30 heavy (non-hydrogen) atoms. The van der Waals surface area contributed by atoms with Gasteiger partial charge in [0.1, 0.15) is 5.78 Å². The van der Waals surface area contributed by atoms with Gasteiger partial charge in [-0.15, -0.1) is 0 Å². The van der Waals surface area contributed by atoms with Crippen molar-refractivity contribution in [1.82, 2.24) is 4.90 Å². The van der Waals surface area contributed by atoms with E-state index in [1.165, 1.54) is 12.0 Å². The highest BCUT2D eigenvalue weighted by atomic mass is 16.1. The van der Waals surface area contributed by atoms with Gasteiger partial charge in [0.05, 0.1) is 11.6 Å². The number of hydrogen-bond acceptors (Lipinski definition) is 3. The summed E-state index contributed by atoms with van der Waals surface area (Å²) in [6, 6.07) is 20.7. The van der Waals surface area contributed by atoms with E-state index in [4.69, 9.17) is 5.26 Å². The molecule has 0 radical (unpaired) electrons. The number of Topliss-reactive ketones (excluding diaryl/α,β-unsaturated/α-hetero) is 1. The van der Waals surface area contributed by atoms with Crippen molar-refractivity contribution in [3.05, 3.63) is 71.3 Å².